The Kier molecular flexibility index (Phi) is 10.5. The van der Waals surface area contributed by atoms with E-state index >= 15 is 0 Å². The molecule has 232 valence electrons. The summed E-state index contributed by atoms with van der Waals surface area (Å²) in [6.45, 7) is 14.3. The number of hydrogen-bond donors (Lipinski definition) is 0. The first kappa shape index (κ1) is 33.2. The third-order valence-electron chi connectivity index (χ3n) is 8.77. The highest BCUT2D eigenvalue weighted by Crippen LogP contribution is 2.59. The van der Waals surface area contributed by atoms with Crippen LogP contribution >= 0.6 is 7.92 Å². The van der Waals surface area contributed by atoms with Crippen molar-refractivity contribution < 1.29 is 0 Å². The van der Waals surface area contributed by atoms with Gasteiger partial charge in [-0.05, 0) is 26.7 Å². The lowest BCUT2D eigenvalue weighted by Gasteiger charge is -2.44. The van der Waals surface area contributed by atoms with Crippen LogP contribution in [0.4, 0.5) is 0 Å². The first-order valence-electron chi connectivity index (χ1n) is 16.5. The Morgan fingerprint density at radius 1 is 0.348 bits per heavy atom. The minimum absolute atomic E-state index is 0.282. The van der Waals surface area contributed by atoms with Crippen LogP contribution in [0.3, 0.4) is 0 Å². The van der Waals surface area contributed by atoms with E-state index in [2.05, 4.69) is 217 Å². The topological polar surface area (TPSA) is 0 Å². The minimum Gasteiger partial charge on any atom is -0.195 e. The summed E-state index contributed by atoms with van der Waals surface area (Å²) in [6.07, 6.45) is -1.22. The van der Waals surface area contributed by atoms with Crippen LogP contribution in [0.5, 0.6) is 0 Å². The largest absolute Gasteiger partial charge is 0.195 e. The van der Waals surface area contributed by atoms with Crippen LogP contribution in [0, 0.1) is 0 Å². The second-order valence-corrected chi connectivity index (χ2v) is 17.9. The van der Waals surface area contributed by atoms with Crippen molar-refractivity contribution in [3.63, 3.8) is 0 Å². The molecule has 0 aliphatic rings. The molecule has 6 aromatic carbocycles. The van der Waals surface area contributed by atoms with Gasteiger partial charge in [-0.3, -0.25) is 0 Å². The lowest BCUT2D eigenvalue weighted by Crippen LogP contribution is -2.74. The predicted octanol–water partition coefficient (Wildman–Crippen LogP) is 9.12. The summed E-state index contributed by atoms with van der Waals surface area (Å²) in [6, 6.07) is 63.3. The maximum atomic E-state index is 2.38. The number of rotatable bonds is 6. The van der Waals surface area contributed by atoms with E-state index in [1.165, 1.54) is 38.3 Å². The van der Waals surface area contributed by atoms with E-state index in [-0.39, 0.29) is 7.92 Å². The van der Waals surface area contributed by atoms with E-state index < -0.39 is 6.15 Å². The molecular weight excluding hydrogens is 570 g/mol. The van der Waals surface area contributed by atoms with Gasteiger partial charge in [-0.1, -0.05) is 225 Å². The lowest BCUT2D eigenvalue weighted by atomic mass is 9.13. The van der Waals surface area contributed by atoms with Crippen LogP contribution < -0.4 is 27.2 Å². The molecule has 0 aliphatic carbocycles. The Morgan fingerprint density at radius 3 is 0.957 bits per heavy atom. The van der Waals surface area contributed by atoms with Crippen molar-refractivity contribution in [2.45, 2.75) is 51.9 Å². The van der Waals surface area contributed by atoms with Crippen molar-refractivity contribution in [1.29, 1.82) is 0 Å². The van der Waals surface area contributed by atoms with Gasteiger partial charge in [-0.25, -0.2) is 0 Å². The molecule has 6 rings (SSSR count). The molecule has 0 nitrogen and oxygen atoms in total. The summed E-state index contributed by atoms with van der Waals surface area (Å²) >= 11 is 0. The van der Waals surface area contributed by atoms with Gasteiger partial charge in [-0.2, -0.15) is 21.9 Å². The van der Waals surface area contributed by atoms with Gasteiger partial charge in [0.05, 0.1) is 0 Å². The molecule has 0 atom stereocenters. The molecule has 0 heterocycles. The predicted molar refractivity (Wildman–Crippen MR) is 208 cm³/mol. The van der Waals surface area contributed by atoms with Crippen LogP contribution in [0.2, 0.25) is 0 Å². The van der Waals surface area contributed by atoms with Gasteiger partial charge < -0.3 is 0 Å². The number of benzene rings is 6. The second-order valence-electron chi connectivity index (χ2n) is 14.1. The molecule has 0 N–H and O–H groups in total. The Hall–Kier alpha value is -4.19. The maximum absolute atomic E-state index is 2.38. The van der Waals surface area contributed by atoms with E-state index in [0.717, 1.165) is 0 Å². The summed E-state index contributed by atoms with van der Waals surface area (Å²) in [5.41, 5.74) is 8.08. The fourth-order valence-electron chi connectivity index (χ4n) is 7.38. The third-order valence-corrected chi connectivity index (χ3v) is 12.3. The molecule has 0 bridgehead atoms. The summed E-state index contributed by atoms with van der Waals surface area (Å²) in [5.74, 6) is 0. The second kappa shape index (κ2) is 14.5. The first-order chi connectivity index (χ1) is 22.1. The van der Waals surface area contributed by atoms with Gasteiger partial charge in [0.25, 0.3) is 0 Å². The summed E-state index contributed by atoms with van der Waals surface area (Å²) in [4.78, 5) is 0. The monoisotopic (exact) mass is 617 g/mol. The van der Waals surface area contributed by atoms with E-state index in [1.54, 1.807) is 0 Å². The van der Waals surface area contributed by atoms with E-state index in [0.29, 0.717) is 10.3 Å². The summed E-state index contributed by atoms with van der Waals surface area (Å²) in [5, 5.41) is 2.11. The molecule has 0 saturated carbocycles. The van der Waals surface area contributed by atoms with Crippen LogP contribution in [0.25, 0.3) is 11.1 Å². The van der Waals surface area contributed by atoms with E-state index in [4.69, 9.17) is 0 Å². The SMILES string of the molecule is CC(C)(C)P(c1ccccc1-c1ccccc1)C(C)(C)C.c1ccc([B-](c2ccccc2)(c2ccccc2)c2ccccc2)cc1. The minimum atomic E-state index is -1.22. The van der Waals surface area contributed by atoms with E-state index in [9.17, 15) is 0 Å². The molecule has 46 heavy (non-hydrogen) atoms. The Bertz CT molecular complexity index is 1590. The molecule has 0 aromatic heterocycles. The highest BCUT2D eigenvalue weighted by atomic mass is 31.1. The quantitative estimate of drug-likeness (QED) is 0.129. The molecule has 2 heteroatoms. The zero-order chi connectivity index (χ0) is 32.6. The fourth-order valence-corrected chi connectivity index (χ4v) is 11.5. The van der Waals surface area contributed by atoms with Crippen LogP contribution in [-0.4, -0.2) is 16.5 Å². The van der Waals surface area contributed by atoms with Crippen molar-refractivity contribution >= 4 is 41.2 Å². The molecule has 0 amide bonds. The van der Waals surface area contributed by atoms with Gasteiger partial charge in [0, 0.05) is 0 Å². The third kappa shape index (κ3) is 7.27. The molecular formula is C44H47BP-. The standard InChI is InChI=1S/C24H20B.C20H27P/c1-5-13-21(14-6-1)25(22-15-7-2-8-16-22,23-17-9-3-10-18-23)24-19-11-4-12-20-24;1-19(2,3)21(20(4,5)6)18-15-11-10-14-17(18)16-12-8-7-9-13-16/h1-20H;7-15H,1-6H3/q-1;. The smallest absolute Gasteiger partial charge is 0.108 e. The highest BCUT2D eigenvalue weighted by molar-refractivity contribution is 7.68. The van der Waals surface area contributed by atoms with Gasteiger partial charge in [-0.15, -0.1) is 0 Å². The van der Waals surface area contributed by atoms with Gasteiger partial charge in [0.2, 0.25) is 0 Å². The summed E-state index contributed by atoms with van der Waals surface area (Å²) < 4.78 is 0. The van der Waals surface area contributed by atoms with Crippen molar-refractivity contribution in [2.75, 3.05) is 0 Å². The lowest BCUT2D eigenvalue weighted by molar-refractivity contribution is 0.715. The Balaban J connectivity index is 0.000000184. The summed E-state index contributed by atoms with van der Waals surface area (Å²) in [7, 11) is -0.282. The van der Waals surface area contributed by atoms with E-state index in [1.807, 2.05) is 0 Å². The van der Waals surface area contributed by atoms with Crippen molar-refractivity contribution in [2.24, 2.45) is 0 Å². The van der Waals surface area contributed by atoms with Crippen molar-refractivity contribution in [3.8, 4) is 11.1 Å². The Labute approximate surface area is 279 Å². The molecule has 0 fully saturated rings. The van der Waals surface area contributed by atoms with Crippen LogP contribution in [0.15, 0.2) is 176 Å². The van der Waals surface area contributed by atoms with Crippen LogP contribution in [-0.2, 0) is 0 Å². The molecule has 0 radical (unpaired) electrons. The van der Waals surface area contributed by atoms with Crippen molar-refractivity contribution in [3.05, 3.63) is 176 Å². The molecule has 6 aromatic rings. The van der Waals surface area contributed by atoms with Crippen molar-refractivity contribution in [1.82, 2.24) is 0 Å². The van der Waals surface area contributed by atoms with Gasteiger partial charge in [0.1, 0.15) is 6.15 Å². The number of hydrogen-bond acceptors (Lipinski definition) is 0. The molecule has 0 aliphatic heterocycles. The average molecular weight is 618 g/mol. The van der Waals surface area contributed by atoms with Crippen LogP contribution in [0.1, 0.15) is 41.5 Å². The highest BCUT2D eigenvalue weighted by Gasteiger charge is 2.37. The first-order valence-corrected chi connectivity index (χ1v) is 17.8. The molecule has 0 saturated heterocycles. The maximum Gasteiger partial charge on any atom is 0.108 e. The Morgan fingerprint density at radius 2 is 0.630 bits per heavy atom. The zero-order valence-corrected chi connectivity index (χ0v) is 29.2. The fraction of sp³-hybridized carbons (Fsp3) is 0.182. The van der Waals surface area contributed by atoms with Gasteiger partial charge >= 0.3 is 0 Å². The molecule has 0 unspecified atom stereocenters. The zero-order valence-electron chi connectivity index (χ0n) is 28.3. The average Bonchev–Trinajstić information content (AvgIpc) is 3.07. The van der Waals surface area contributed by atoms with Gasteiger partial charge in [0.15, 0.2) is 0 Å². The normalized spacial score (nSPS) is 11.9. The molecule has 0 spiro atoms.